The molecule has 30 nitrogen and oxygen atoms in total. The number of non-ortho nitro benzene ring substituents is 3. The summed E-state index contributed by atoms with van der Waals surface area (Å²) in [6.07, 6.45) is 6.81. The largest absolute Gasteiger partial charge is 0.508 e. The number of likely N-dealkylation sites (N-methyl/N-ethyl adjacent to an activating group) is 2. The van der Waals surface area contributed by atoms with Crippen molar-refractivity contribution in [1.82, 2.24) is 68.4 Å². The number of piperazine rings is 2. The lowest BCUT2D eigenvalue weighted by Crippen LogP contribution is -2.44. The molecule has 15 rings (SSSR count). The number of hydrogen-bond acceptors (Lipinski definition) is 23. The molecule has 0 radical (unpaired) electrons. The number of H-pyrrole nitrogens is 1. The number of aromatic nitrogens is 12. The summed E-state index contributed by atoms with van der Waals surface area (Å²) in [5.41, 5.74) is 11.6. The number of aromatic hydroxyl groups is 1. The Balaban J connectivity index is 0.000000179. The first-order chi connectivity index (χ1) is 53.9. The minimum Gasteiger partial charge on any atom is -0.508 e. The molecular formula is C73H75BrCl5F4N21O9. The zero-order valence-corrected chi connectivity index (χ0v) is 65.0. The van der Waals surface area contributed by atoms with Crippen molar-refractivity contribution in [3.8, 4) is 29.0 Å². The van der Waals surface area contributed by atoms with Gasteiger partial charge < -0.3 is 63.9 Å². The number of phenolic OH excluding ortho intramolecular Hbond substituents is 1. The van der Waals surface area contributed by atoms with Crippen LogP contribution in [0.15, 0.2) is 170 Å². The number of nitro groups is 3. The Kier molecular flexibility index (Phi) is 33.4. The van der Waals surface area contributed by atoms with Gasteiger partial charge in [0.1, 0.15) is 70.2 Å². The van der Waals surface area contributed by atoms with Crippen LogP contribution in [0.1, 0.15) is 7.43 Å². The summed E-state index contributed by atoms with van der Waals surface area (Å²) >= 11 is 31.5. The Hall–Kier alpha value is -11.1. The maximum absolute atomic E-state index is 13.1. The topological polar surface area (TPSA) is 353 Å². The van der Waals surface area contributed by atoms with Gasteiger partial charge >= 0.3 is 0 Å². The molecule has 113 heavy (non-hydrogen) atoms. The van der Waals surface area contributed by atoms with Gasteiger partial charge in [0.25, 0.3) is 17.1 Å². The molecular weight excluding hydrogens is 1650 g/mol. The van der Waals surface area contributed by atoms with Gasteiger partial charge in [-0.05, 0) is 140 Å². The Labute approximate surface area is 677 Å². The highest BCUT2D eigenvalue weighted by Gasteiger charge is 2.21. The minimum absolute atomic E-state index is 0. The predicted octanol–water partition coefficient (Wildman–Crippen LogP) is 17.6. The Morgan fingerprint density at radius 1 is 0.504 bits per heavy atom. The van der Waals surface area contributed by atoms with E-state index in [1.54, 1.807) is 81.0 Å². The monoisotopic (exact) mass is 1720 g/mol. The number of anilines is 5. The van der Waals surface area contributed by atoms with E-state index in [1.807, 2.05) is 24.3 Å². The van der Waals surface area contributed by atoms with E-state index in [0.29, 0.717) is 49.2 Å². The molecule has 8 aromatic heterocycles. The normalized spacial score (nSPS) is 12.5. The number of nitrogens with zero attached hydrogens (tertiary/aromatic N) is 18. The minimum atomic E-state index is -0.556. The van der Waals surface area contributed by atoms with Crippen LogP contribution >= 0.6 is 73.9 Å². The Morgan fingerprint density at radius 2 is 0.912 bits per heavy atom. The van der Waals surface area contributed by atoms with Crippen LogP contribution < -0.4 is 30.3 Å². The molecule has 0 bridgehead atoms. The first-order valence-corrected chi connectivity index (χ1v) is 36.9. The molecule has 5 N–H and O–H groups in total. The SMILES string of the molecule is C.CN1CCN(c2ccc(N)cc2)CC1.CN1CCN(c2ccc(Nc3nc(Oc4cccc([N+](=O)[O-])c4)c4ccn(CCF)c4n3)cc2)CC1.Clc1nc(Cl)c2cc[nH]c2n1.FCCBr.FCCn1ccc2c(Cl)nc(Cl)nc21.O=[N+]([O-])c1cccc(O)c1.O=[N+]([O-])c1cccc(Oc2nc(Cl)nc3c2ccn3CCF)c1. The summed E-state index contributed by atoms with van der Waals surface area (Å²) in [6, 6.07) is 39.9. The zero-order chi connectivity index (χ0) is 80.4. The number of nitrogens with two attached hydrogens (primary N) is 1. The molecule has 0 unspecified atom stereocenters. The third kappa shape index (κ3) is 25.2. The van der Waals surface area contributed by atoms with Crippen molar-refractivity contribution in [3.63, 3.8) is 0 Å². The molecule has 0 atom stereocenters. The van der Waals surface area contributed by atoms with E-state index in [-0.39, 0.29) is 107 Å². The smallest absolute Gasteiger partial charge is 0.273 e. The van der Waals surface area contributed by atoms with Crippen molar-refractivity contribution in [2.45, 2.75) is 27.1 Å². The van der Waals surface area contributed by atoms with Crippen LogP contribution in [-0.4, -0.2) is 187 Å². The van der Waals surface area contributed by atoms with Gasteiger partial charge in [-0.3, -0.25) is 34.7 Å². The van der Waals surface area contributed by atoms with E-state index >= 15 is 0 Å². The number of halogens is 10. The number of rotatable bonds is 18. The molecule has 13 aromatic rings. The maximum Gasteiger partial charge on any atom is 0.273 e. The second-order valence-electron chi connectivity index (χ2n) is 24.0. The molecule has 5 aromatic carbocycles. The maximum atomic E-state index is 13.1. The van der Waals surface area contributed by atoms with E-state index < -0.39 is 34.8 Å². The second-order valence-corrected chi connectivity index (χ2v) is 26.5. The lowest BCUT2D eigenvalue weighted by atomic mass is 10.2. The van der Waals surface area contributed by atoms with Gasteiger partial charge in [0.15, 0.2) is 0 Å². The van der Waals surface area contributed by atoms with Gasteiger partial charge in [-0.1, -0.05) is 64.8 Å². The summed E-state index contributed by atoms with van der Waals surface area (Å²) in [5.74, 6) is 1.06. The summed E-state index contributed by atoms with van der Waals surface area (Å²) in [6.45, 7) is 7.21. The number of alkyl halides is 5. The molecule has 2 saturated heterocycles. The van der Waals surface area contributed by atoms with E-state index in [9.17, 15) is 47.9 Å². The van der Waals surface area contributed by atoms with E-state index in [4.69, 9.17) is 78.3 Å². The quantitative estimate of drug-likeness (QED) is 0.0118. The van der Waals surface area contributed by atoms with Crippen molar-refractivity contribution in [3.05, 3.63) is 227 Å². The highest BCUT2D eigenvalue weighted by molar-refractivity contribution is 9.09. The predicted molar refractivity (Wildman–Crippen MR) is 437 cm³/mol. The number of phenols is 1. The summed E-state index contributed by atoms with van der Waals surface area (Å²) < 4.78 is 65.0. The van der Waals surface area contributed by atoms with Gasteiger partial charge in [-0.2, -0.15) is 29.9 Å². The molecule has 596 valence electrons. The molecule has 0 aliphatic carbocycles. The van der Waals surface area contributed by atoms with Crippen LogP contribution in [0.5, 0.6) is 29.0 Å². The van der Waals surface area contributed by atoms with Gasteiger partial charge in [0.05, 0.1) is 80.8 Å². The van der Waals surface area contributed by atoms with Crippen molar-refractivity contribution in [2.24, 2.45) is 0 Å². The zero-order valence-electron chi connectivity index (χ0n) is 59.6. The van der Waals surface area contributed by atoms with Crippen LogP contribution in [0.2, 0.25) is 26.2 Å². The Morgan fingerprint density at radius 3 is 1.36 bits per heavy atom. The average molecular weight is 1720 g/mol. The number of aromatic amines is 1. The molecule has 0 saturated carbocycles. The summed E-state index contributed by atoms with van der Waals surface area (Å²) in [4.78, 5) is 75.4. The number of nitrogens with one attached hydrogen (secondary N) is 2. The Bertz CT molecular complexity index is 5280. The van der Waals surface area contributed by atoms with E-state index in [1.165, 1.54) is 54.2 Å². The van der Waals surface area contributed by atoms with Crippen molar-refractivity contribution in [1.29, 1.82) is 0 Å². The molecule has 10 heterocycles. The highest BCUT2D eigenvalue weighted by atomic mass is 79.9. The average Bonchev–Trinajstić information content (AvgIpc) is 1.64. The van der Waals surface area contributed by atoms with Gasteiger partial charge in [0.2, 0.25) is 33.6 Å². The molecule has 0 amide bonds. The van der Waals surface area contributed by atoms with Gasteiger partial charge in [-0.25, -0.2) is 23.1 Å². The van der Waals surface area contributed by atoms with Crippen molar-refractivity contribution >= 4 is 164 Å². The van der Waals surface area contributed by atoms with Crippen LogP contribution in [-0.2, 0) is 19.6 Å². The fourth-order valence-corrected chi connectivity index (χ4v) is 11.8. The number of benzene rings is 5. The molecule has 0 spiro atoms. The molecule has 2 fully saturated rings. The van der Waals surface area contributed by atoms with Crippen LogP contribution in [0.3, 0.4) is 0 Å². The van der Waals surface area contributed by atoms with Crippen LogP contribution in [0.25, 0.3) is 44.1 Å². The molecule has 2 aliphatic rings. The highest BCUT2D eigenvalue weighted by Crippen LogP contribution is 2.35. The van der Waals surface area contributed by atoms with Crippen LogP contribution in [0, 0.1) is 30.3 Å². The van der Waals surface area contributed by atoms with E-state index in [2.05, 4.69) is 124 Å². The number of ether oxygens (including phenoxy) is 2. The number of fused-ring (bicyclic) bond motifs is 4. The lowest BCUT2D eigenvalue weighted by molar-refractivity contribution is -0.385. The number of nitro benzene ring substituents is 3. The van der Waals surface area contributed by atoms with Crippen LogP contribution in [0.4, 0.5) is 63.3 Å². The number of aryl methyl sites for hydroxylation is 3. The fraction of sp³-hybridized carbons (Fsp3) is 0.260. The first-order valence-electron chi connectivity index (χ1n) is 33.9. The van der Waals surface area contributed by atoms with Crippen molar-refractivity contribution in [2.75, 3.05) is 119 Å². The fourth-order valence-electron chi connectivity index (χ4n) is 10.8. The third-order valence-electron chi connectivity index (χ3n) is 16.4. The third-order valence-corrected chi connectivity index (χ3v) is 17.7. The van der Waals surface area contributed by atoms with Gasteiger partial charge in [0, 0.05) is 123 Å². The second kappa shape index (κ2) is 43.1. The summed E-state index contributed by atoms with van der Waals surface area (Å²) in [7, 11) is 4.29. The molecule has 40 heteroatoms. The van der Waals surface area contributed by atoms with Crippen molar-refractivity contribution < 1.29 is 46.9 Å². The number of hydrogen-bond donors (Lipinski definition) is 4. The standard InChI is InChI=1S/C25H26FN7O3.C14H10ClFN4O3.C11H17N3.C8H6Cl2FN3.C6H3Cl2N3.C6H5NO3.C2H4BrF.CH4/c1-30-13-15-31(16-14-30)19-7-5-18(6-8-19)27-25-28-23-22(9-11-32(23)12-10-26)24(29-25)36-21-4-2-3-20(17-21)33(34)35;15-14-17-12-11(4-6-19(12)7-5-16)13(18-14)23-10-3-1-2-9(8-10)20(21)22;1-13-6-8-14(9-7-13)11-4-2-10(12)3-5-11;9-6-5-1-3-14(4-2-11)7(5)13-8(10)12-6;7-4-3-1-2-9-5(3)11-6(8)10-4;8-6-3-1-2-5(4-6)7(9)10;3-1-2-4;/h2-9,11,17H,10,12-16H2,1H3,(H,27,28,29);1-4,6,8H,5,7H2;2-5H,6-9,12H2,1H3;1,3H,2,4H2;1-2H,(H,9,10,11);1-4,8H;1-2H2;1H4. The van der Waals surface area contributed by atoms with Gasteiger partial charge in [-0.15, -0.1) is 0 Å². The molecule has 2 aliphatic heterocycles. The lowest BCUT2D eigenvalue weighted by Gasteiger charge is -2.34. The van der Waals surface area contributed by atoms with E-state index in [0.717, 1.165) is 80.9 Å². The first kappa shape index (κ1) is 87.5. The number of nitrogen functional groups attached to an aromatic ring is 1. The summed E-state index contributed by atoms with van der Waals surface area (Å²) in [5, 5.41) is 47.9.